The SMILES string of the molecule is CCCCC(CC)CN1C(=O)C2=C(c3ccc(B4OC(C)(C)C(C)(C)O4)cc3)N(CC(CC)CCCC)C(=O)C2=C1c1ccc(B2OC(C)(C)C(C)(C)O2)cc1. The fraction of sp³-hybridized carbons (Fsp3) is 0.609. The number of amides is 2. The lowest BCUT2D eigenvalue weighted by atomic mass is 9.78. The second-order valence-electron chi connectivity index (χ2n) is 18.5. The number of fused-ring (bicyclic) bond motifs is 1. The molecule has 2 atom stereocenters. The fourth-order valence-electron chi connectivity index (χ4n) is 8.25. The van der Waals surface area contributed by atoms with Gasteiger partial charge in [0, 0.05) is 13.1 Å². The summed E-state index contributed by atoms with van der Waals surface area (Å²) in [6.45, 7) is 26.4. The minimum Gasteiger partial charge on any atom is -0.399 e. The van der Waals surface area contributed by atoms with E-state index in [0.29, 0.717) is 47.5 Å². The zero-order valence-electron chi connectivity index (χ0n) is 36.3. The Morgan fingerprint density at radius 1 is 0.518 bits per heavy atom. The van der Waals surface area contributed by atoms with E-state index in [0.717, 1.165) is 73.4 Å². The molecule has 2 aromatic rings. The second kappa shape index (κ2) is 16.2. The van der Waals surface area contributed by atoms with Crippen LogP contribution >= 0.6 is 0 Å². The zero-order valence-corrected chi connectivity index (χ0v) is 36.3. The van der Waals surface area contributed by atoms with Gasteiger partial charge in [-0.05, 0) is 102 Å². The summed E-state index contributed by atoms with van der Waals surface area (Å²) < 4.78 is 25.5. The molecular formula is C46H66B2N2O6. The summed E-state index contributed by atoms with van der Waals surface area (Å²) >= 11 is 0. The van der Waals surface area contributed by atoms with Crippen LogP contribution in [0.25, 0.3) is 11.4 Å². The molecule has 10 heteroatoms. The first kappa shape index (κ1) is 42.4. The van der Waals surface area contributed by atoms with Gasteiger partial charge >= 0.3 is 14.2 Å². The number of unbranched alkanes of at least 4 members (excludes halogenated alkanes) is 2. The number of rotatable bonds is 16. The molecule has 2 aromatic carbocycles. The van der Waals surface area contributed by atoms with Gasteiger partial charge < -0.3 is 28.4 Å². The molecule has 0 radical (unpaired) electrons. The molecule has 302 valence electrons. The van der Waals surface area contributed by atoms with Crippen molar-refractivity contribution in [1.82, 2.24) is 9.80 Å². The van der Waals surface area contributed by atoms with E-state index in [4.69, 9.17) is 18.6 Å². The smallest absolute Gasteiger partial charge is 0.399 e. The Balaban J connectivity index is 1.46. The third-order valence-corrected chi connectivity index (χ3v) is 13.6. The van der Waals surface area contributed by atoms with Gasteiger partial charge in [-0.1, -0.05) is 115 Å². The molecule has 2 unspecified atom stereocenters. The number of hydrogen-bond acceptors (Lipinski definition) is 6. The van der Waals surface area contributed by atoms with Gasteiger partial charge in [-0.3, -0.25) is 9.59 Å². The van der Waals surface area contributed by atoms with Crippen molar-refractivity contribution in [1.29, 1.82) is 0 Å². The van der Waals surface area contributed by atoms with E-state index < -0.39 is 36.6 Å². The summed E-state index contributed by atoms with van der Waals surface area (Å²) in [6.07, 6.45) is 8.36. The van der Waals surface area contributed by atoms with Crippen LogP contribution in [0.2, 0.25) is 0 Å². The molecule has 0 bridgehead atoms. The van der Waals surface area contributed by atoms with Gasteiger partial charge in [0.15, 0.2) is 0 Å². The van der Waals surface area contributed by atoms with Crippen LogP contribution in [0.15, 0.2) is 59.7 Å². The molecule has 0 N–H and O–H groups in total. The molecule has 0 aromatic heterocycles. The number of nitrogens with zero attached hydrogens (tertiary/aromatic N) is 2. The first-order chi connectivity index (χ1) is 26.4. The molecule has 2 fully saturated rings. The fourth-order valence-corrected chi connectivity index (χ4v) is 8.25. The highest BCUT2D eigenvalue weighted by Gasteiger charge is 2.54. The van der Waals surface area contributed by atoms with Crippen molar-refractivity contribution in [2.75, 3.05) is 13.1 Å². The van der Waals surface area contributed by atoms with Crippen molar-refractivity contribution in [2.45, 2.75) is 157 Å². The maximum atomic E-state index is 15.1. The van der Waals surface area contributed by atoms with Crippen molar-refractivity contribution < 1.29 is 28.2 Å². The van der Waals surface area contributed by atoms with Crippen LogP contribution in [0, 0.1) is 11.8 Å². The Kier molecular flexibility index (Phi) is 12.3. The van der Waals surface area contributed by atoms with Crippen molar-refractivity contribution >= 4 is 48.4 Å². The Morgan fingerprint density at radius 2 is 0.821 bits per heavy atom. The Morgan fingerprint density at radius 3 is 1.09 bits per heavy atom. The quantitative estimate of drug-likeness (QED) is 0.160. The van der Waals surface area contributed by atoms with Crippen LogP contribution in [0.1, 0.15) is 146 Å². The Labute approximate surface area is 338 Å². The van der Waals surface area contributed by atoms with Gasteiger partial charge in [-0.25, -0.2) is 0 Å². The van der Waals surface area contributed by atoms with E-state index in [1.165, 1.54) is 0 Å². The van der Waals surface area contributed by atoms with Gasteiger partial charge in [0.2, 0.25) is 0 Å². The molecule has 56 heavy (non-hydrogen) atoms. The Bertz CT molecular complexity index is 1660. The molecule has 6 rings (SSSR count). The van der Waals surface area contributed by atoms with Gasteiger partial charge in [-0.15, -0.1) is 0 Å². The summed E-state index contributed by atoms with van der Waals surface area (Å²) in [5.74, 6) is 0.431. The second-order valence-corrected chi connectivity index (χ2v) is 18.5. The third-order valence-electron chi connectivity index (χ3n) is 13.6. The lowest BCUT2D eigenvalue weighted by Gasteiger charge is -2.32. The predicted octanol–water partition coefficient (Wildman–Crippen LogP) is 8.52. The summed E-state index contributed by atoms with van der Waals surface area (Å²) in [7, 11) is -1.02. The zero-order chi connectivity index (χ0) is 40.8. The van der Waals surface area contributed by atoms with E-state index in [2.05, 4.69) is 83.1 Å². The normalized spacial score (nSPS) is 22.2. The van der Waals surface area contributed by atoms with Gasteiger partial charge in [0.05, 0.1) is 44.9 Å². The topological polar surface area (TPSA) is 77.5 Å². The summed E-state index contributed by atoms with van der Waals surface area (Å²) in [5.41, 5.74) is 4.09. The Hall–Kier alpha value is -3.17. The average Bonchev–Trinajstić information content (AvgIpc) is 3.76. The minimum absolute atomic E-state index is 0.0949. The number of carbonyl (C=O) groups is 2. The van der Waals surface area contributed by atoms with Gasteiger partial charge in [-0.2, -0.15) is 0 Å². The first-order valence-electron chi connectivity index (χ1n) is 21.4. The maximum absolute atomic E-state index is 15.1. The van der Waals surface area contributed by atoms with E-state index in [-0.39, 0.29) is 11.8 Å². The maximum Gasteiger partial charge on any atom is 0.494 e. The van der Waals surface area contributed by atoms with Crippen LogP contribution in [0.4, 0.5) is 0 Å². The first-order valence-corrected chi connectivity index (χ1v) is 21.4. The van der Waals surface area contributed by atoms with Crippen molar-refractivity contribution in [3.05, 3.63) is 70.8 Å². The van der Waals surface area contributed by atoms with E-state index >= 15 is 9.59 Å². The lowest BCUT2D eigenvalue weighted by Crippen LogP contribution is -2.41. The molecule has 2 saturated heterocycles. The lowest BCUT2D eigenvalue weighted by molar-refractivity contribution is -0.124. The molecule has 0 spiro atoms. The van der Waals surface area contributed by atoms with Crippen LogP contribution in [0.5, 0.6) is 0 Å². The van der Waals surface area contributed by atoms with Gasteiger partial charge in [0.1, 0.15) is 0 Å². The van der Waals surface area contributed by atoms with Crippen LogP contribution in [-0.4, -0.2) is 71.3 Å². The monoisotopic (exact) mass is 765 g/mol. The van der Waals surface area contributed by atoms with Gasteiger partial charge in [0.25, 0.3) is 11.8 Å². The minimum atomic E-state index is -0.508. The largest absolute Gasteiger partial charge is 0.494 e. The van der Waals surface area contributed by atoms with Crippen molar-refractivity contribution in [3.8, 4) is 0 Å². The highest BCUT2D eigenvalue weighted by atomic mass is 16.7. The number of benzene rings is 2. The van der Waals surface area contributed by atoms with Crippen molar-refractivity contribution in [2.24, 2.45) is 11.8 Å². The molecule has 4 aliphatic heterocycles. The van der Waals surface area contributed by atoms with E-state index in [1.54, 1.807) is 0 Å². The van der Waals surface area contributed by atoms with Crippen LogP contribution < -0.4 is 10.9 Å². The molecule has 4 aliphatic rings. The molecular weight excluding hydrogens is 698 g/mol. The highest BCUT2D eigenvalue weighted by Crippen LogP contribution is 2.48. The summed E-state index contributed by atoms with van der Waals surface area (Å²) in [4.78, 5) is 34.0. The predicted molar refractivity (Wildman–Crippen MR) is 228 cm³/mol. The highest BCUT2D eigenvalue weighted by molar-refractivity contribution is 6.62. The molecule has 0 aliphatic carbocycles. The number of hydrogen-bond donors (Lipinski definition) is 0. The van der Waals surface area contributed by atoms with Crippen LogP contribution in [-0.2, 0) is 28.2 Å². The molecule has 2 amide bonds. The molecule has 8 nitrogen and oxygen atoms in total. The summed E-state index contributed by atoms with van der Waals surface area (Å²) in [5, 5.41) is 0. The molecule has 4 heterocycles. The van der Waals surface area contributed by atoms with E-state index in [1.807, 2.05) is 58.3 Å². The van der Waals surface area contributed by atoms with E-state index in [9.17, 15) is 0 Å². The molecule has 0 saturated carbocycles. The average molecular weight is 765 g/mol. The van der Waals surface area contributed by atoms with Crippen molar-refractivity contribution in [3.63, 3.8) is 0 Å². The number of carbonyl (C=O) groups excluding carboxylic acids is 2. The summed E-state index contributed by atoms with van der Waals surface area (Å²) in [6, 6.07) is 16.2. The van der Waals surface area contributed by atoms with Crippen LogP contribution in [0.3, 0.4) is 0 Å². The third kappa shape index (κ3) is 7.85. The standard InChI is InChI=1S/C46H66B2N2O6/c1-13-17-19-31(15-3)29-49-39(33-21-25-35(26-22-33)47-53-43(5,6)44(7,8)54-47)37-38(41(49)51)40(50(42(37)52)30-32(16-4)20-18-14-2)34-23-27-36(28-24-34)48-55-45(9,10)46(11,12)56-48/h21-28,31-32H,13-20,29-30H2,1-12H3.